The minimum Gasteiger partial charge on any atom is -0.350 e. The van der Waals surface area contributed by atoms with E-state index in [1.807, 2.05) is 4.90 Å². The Morgan fingerprint density at radius 2 is 2.41 bits per heavy atom. The van der Waals surface area contributed by atoms with Gasteiger partial charge in [0.2, 0.25) is 0 Å². The van der Waals surface area contributed by atoms with Crippen LogP contribution in [0.5, 0.6) is 0 Å². The Bertz CT molecular complexity index is 325. The van der Waals surface area contributed by atoms with Crippen molar-refractivity contribution in [3.8, 4) is 0 Å². The fraction of sp³-hybridized carbons (Fsp3) is 0.800. The monoisotopic (exact) mass is 263 g/mol. The summed E-state index contributed by atoms with van der Waals surface area (Å²) in [6.45, 7) is 1.24. The van der Waals surface area contributed by atoms with Crippen LogP contribution in [-0.2, 0) is 4.79 Å². The molecule has 2 aliphatic heterocycles. The second-order valence-corrected chi connectivity index (χ2v) is 5.10. The van der Waals surface area contributed by atoms with Crippen LogP contribution < -0.4 is 5.32 Å². The van der Waals surface area contributed by atoms with Gasteiger partial charge in [0.15, 0.2) is 5.17 Å². The third-order valence-corrected chi connectivity index (χ3v) is 3.80. The van der Waals surface area contributed by atoms with Gasteiger partial charge in [0.25, 0.3) is 12.3 Å². The number of halogens is 2. The third kappa shape index (κ3) is 3.64. The van der Waals surface area contributed by atoms with Gasteiger partial charge >= 0.3 is 0 Å². The van der Waals surface area contributed by atoms with Crippen LogP contribution in [0.2, 0.25) is 0 Å². The highest BCUT2D eigenvalue weighted by Crippen LogP contribution is 2.20. The van der Waals surface area contributed by atoms with Crippen molar-refractivity contribution in [2.24, 2.45) is 4.99 Å². The normalized spacial score (nSPS) is 25.6. The van der Waals surface area contributed by atoms with E-state index >= 15 is 0 Å². The number of carbonyl (C=O) groups is 1. The molecular formula is C10H15F2N3OS. The van der Waals surface area contributed by atoms with E-state index in [2.05, 4.69) is 10.3 Å². The molecule has 7 heteroatoms. The molecule has 0 spiro atoms. The number of nitrogens with zero attached hydrogens (tertiary/aromatic N) is 2. The quantitative estimate of drug-likeness (QED) is 0.823. The highest BCUT2D eigenvalue weighted by molar-refractivity contribution is 8.14. The number of carbonyl (C=O) groups excluding carboxylic acids is 1. The first kappa shape index (κ1) is 12.8. The number of amidine groups is 1. The lowest BCUT2D eigenvalue weighted by molar-refractivity contribution is -0.115. The summed E-state index contributed by atoms with van der Waals surface area (Å²) in [5.41, 5.74) is 0. The van der Waals surface area contributed by atoms with Crippen LogP contribution >= 0.6 is 11.8 Å². The number of amides is 1. The zero-order valence-corrected chi connectivity index (χ0v) is 10.2. The highest BCUT2D eigenvalue weighted by Gasteiger charge is 2.26. The molecule has 0 aromatic carbocycles. The number of thioether (sulfide) groups is 1. The Morgan fingerprint density at radius 1 is 1.59 bits per heavy atom. The molecule has 1 atom stereocenters. The van der Waals surface area contributed by atoms with Crippen LogP contribution in [0.25, 0.3) is 0 Å². The molecule has 2 rings (SSSR count). The topological polar surface area (TPSA) is 44.7 Å². The molecule has 1 amide bonds. The molecule has 0 radical (unpaired) electrons. The second kappa shape index (κ2) is 5.77. The van der Waals surface area contributed by atoms with Crippen LogP contribution in [0.1, 0.15) is 12.8 Å². The van der Waals surface area contributed by atoms with Gasteiger partial charge in [-0.1, -0.05) is 11.8 Å². The summed E-state index contributed by atoms with van der Waals surface area (Å²) in [5.74, 6) is 0.300. The van der Waals surface area contributed by atoms with Crippen molar-refractivity contribution >= 4 is 22.8 Å². The average Bonchev–Trinajstić information content (AvgIpc) is 2.74. The first-order valence-corrected chi connectivity index (χ1v) is 6.64. The summed E-state index contributed by atoms with van der Waals surface area (Å²) in [6, 6.07) is 0.0664. The predicted molar refractivity (Wildman–Crippen MR) is 63.5 cm³/mol. The molecule has 2 aliphatic rings. The van der Waals surface area contributed by atoms with Crippen molar-refractivity contribution in [2.45, 2.75) is 25.3 Å². The lowest BCUT2D eigenvalue weighted by Crippen LogP contribution is -2.48. The molecule has 2 heterocycles. The molecule has 0 unspecified atom stereocenters. The lowest BCUT2D eigenvalue weighted by Gasteiger charge is -2.34. The van der Waals surface area contributed by atoms with E-state index in [-0.39, 0.29) is 18.5 Å². The van der Waals surface area contributed by atoms with Gasteiger partial charge in [-0.15, -0.1) is 0 Å². The summed E-state index contributed by atoms with van der Waals surface area (Å²) in [5, 5.41) is 3.59. The Hall–Kier alpha value is -0.690. The van der Waals surface area contributed by atoms with Crippen LogP contribution in [0, 0.1) is 0 Å². The van der Waals surface area contributed by atoms with Gasteiger partial charge in [0, 0.05) is 19.1 Å². The molecule has 1 N–H and O–H groups in total. The van der Waals surface area contributed by atoms with Gasteiger partial charge in [-0.2, -0.15) is 4.99 Å². The van der Waals surface area contributed by atoms with Gasteiger partial charge in [-0.25, -0.2) is 8.78 Å². The zero-order valence-electron chi connectivity index (χ0n) is 9.36. The van der Waals surface area contributed by atoms with E-state index < -0.39 is 6.43 Å². The smallest absolute Gasteiger partial charge is 0.258 e. The Kier molecular flexibility index (Phi) is 4.33. The van der Waals surface area contributed by atoms with Crippen molar-refractivity contribution in [1.82, 2.24) is 10.2 Å². The third-order valence-electron chi connectivity index (χ3n) is 2.80. The maximum atomic E-state index is 12.1. The van der Waals surface area contributed by atoms with E-state index in [1.54, 1.807) is 0 Å². The molecule has 17 heavy (non-hydrogen) atoms. The second-order valence-electron chi connectivity index (χ2n) is 4.16. The Balaban J connectivity index is 1.84. The van der Waals surface area contributed by atoms with Crippen molar-refractivity contribution < 1.29 is 13.6 Å². The SMILES string of the molecule is O=C1CSC(N2CCC[C@H](NCC(F)F)C2)=N1. The average molecular weight is 263 g/mol. The lowest BCUT2D eigenvalue weighted by atomic mass is 10.1. The van der Waals surface area contributed by atoms with Gasteiger partial charge in [0.05, 0.1) is 12.3 Å². The maximum absolute atomic E-state index is 12.1. The summed E-state index contributed by atoms with van der Waals surface area (Å²) in [7, 11) is 0. The summed E-state index contributed by atoms with van der Waals surface area (Å²) in [4.78, 5) is 17.0. The molecule has 0 aliphatic carbocycles. The first-order chi connectivity index (χ1) is 8.15. The highest BCUT2D eigenvalue weighted by atomic mass is 32.2. The number of hydrogen-bond donors (Lipinski definition) is 1. The largest absolute Gasteiger partial charge is 0.350 e. The van der Waals surface area contributed by atoms with Crippen molar-refractivity contribution in [1.29, 1.82) is 0 Å². The molecule has 1 fully saturated rings. The minimum absolute atomic E-state index is 0.0664. The number of nitrogens with one attached hydrogen (secondary N) is 1. The number of aliphatic imine (C=N–C) groups is 1. The van der Waals surface area contributed by atoms with E-state index in [1.165, 1.54) is 11.8 Å². The van der Waals surface area contributed by atoms with Gasteiger partial charge < -0.3 is 10.2 Å². The number of likely N-dealkylation sites (tertiary alicyclic amines) is 1. The van der Waals surface area contributed by atoms with Crippen LogP contribution in [0.3, 0.4) is 0 Å². The summed E-state index contributed by atoms with van der Waals surface area (Å²) < 4.78 is 24.2. The molecule has 0 aromatic heterocycles. The number of piperidine rings is 1. The fourth-order valence-electron chi connectivity index (χ4n) is 2.03. The molecule has 0 bridgehead atoms. The Labute approximate surface area is 103 Å². The van der Waals surface area contributed by atoms with Crippen molar-refractivity contribution in [2.75, 3.05) is 25.4 Å². The van der Waals surface area contributed by atoms with Crippen molar-refractivity contribution in [3.05, 3.63) is 0 Å². The summed E-state index contributed by atoms with van der Waals surface area (Å²) in [6.07, 6.45) is -0.478. The van der Waals surface area contributed by atoms with Gasteiger partial charge in [-0.05, 0) is 12.8 Å². The van der Waals surface area contributed by atoms with E-state index in [0.717, 1.165) is 24.6 Å². The fourth-order valence-corrected chi connectivity index (χ4v) is 2.86. The van der Waals surface area contributed by atoms with Gasteiger partial charge in [0.1, 0.15) is 0 Å². The summed E-state index contributed by atoms with van der Waals surface area (Å²) >= 11 is 1.43. The van der Waals surface area contributed by atoms with Crippen LogP contribution in [0.15, 0.2) is 4.99 Å². The van der Waals surface area contributed by atoms with Crippen molar-refractivity contribution in [3.63, 3.8) is 0 Å². The van der Waals surface area contributed by atoms with E-state index in [0.29, 0.717) is 12.3 Å². The first-order valence-electron chi connectivity index (χ1n) is 5.66. The molecule has 4 nitrogen and oxygen atoms in total. The molecular weight excluding hydrogens is 248 g/mol. The Morgan fingerprint density at radius 3 is 3.06 bits per heavy atom. The van der Waals surface area contributed by atoms with Crippen LogP contribution in [-0.4, -0.2) is 53.8 Å². The zero-order chi connectivity index (χ0) is 12.3. The number of alkyl halides is 2. The molecule has 1 saturated heterocycles. The van der Waals surface area contributed by atoms with Crippen LogP contribution in [0.4, 0.5) is 8.78 Å². The standard InChI is InChI=1S/C10H15F2N3OS/c11-8(12)4-13-7-2-1-3-15(5-7)10-14-9(16)6-17-10/h7-8,13H,1-6H2/t7-/m0/s1. The number of hydrogen-bond acceptors (Lipinski definition) is 4. The van der Waals surface area contributed by atoms with Gasteiger partial charge in [-0.3, -0.25) is 4.79 Å². The minimum atomic E-state index is -2.31. The number of rotatable bonds is 3. The van der Waals surface area contributed by atoms with E-state index in [9.17, 15) is 13.6 Å². The molecule has 0 aromatic rings. The molecule has 96 valence electrons. The molecule has 0 saturated carbocycles. The maximum Gasteiger partial charge on any atom is 0.258 e. The predicted octanol–water partition coefficient (Wildman–Crippen LogP) is 0.935. The van der Waals surface area contributed by atoms with E-state index in [4.69, 9.17) is 0 Å².